The average molecular weight is 459 g/mol. The second kappa shape index (κ2) is 7.21. The van der Waals surface area contributed by atoms with E-state index in [0.29, 0.717) is 5.56 Å². The van der Waals surface area contributed by atoms with Crippen molar-refractivity contribution in [3.05, 3.63) is 70.2 Å². The van der Waals surface area contributed by atoms with Crippen LogP contribution in [0.5, 0.6) is 0 Å². The summed E-state index contributed by atoms with van der Waals surface area (Å²) in [5, 5.41) is 14.7. The normalized spacial score (nSPS) is 25.4. The molecule has 1 aliphatic heterocycles. The third kappa shape index (κ3) is 3.71. The summed E-state index contributed by atoms with van der Waals surface area (Å²) in [7, 11) is 0. The molecule has 3 N–H and O–H groups in total. The maximum Gasteiger partial charge on any atom is 0.437 e. The molecule has 3 rings (SSSR count). The number of benzene rings is 2. The Morgan fingerprint density at radius 1 is 1.11 bits per heavy atom. The van der Waals surface area contributed by atoms with E-state index in [-0.39, 0.29) is 10.7 Å². The summed E-state index contributed by atoms with van der Waals surface area (Å²) >= 11 is 8.14. The number of hydrogen-bond donors (Lipinski definition) is 3. The largest absolute Gasteiger partial charge is 0.437 e. The number of alkyl halides is 3. The van der Waals surface area contributed by atoms with E-state index >= 15 is 0 Å². The van der Waals surface area contributed by atoms with Crippen LogP contribution in [0.1, 0.15) is 22.0 Å². The van der Waals surface area contributed by atoms with Gasteiger partial charge in [-0.05, 0) is 29.9 Å². The van der Waals surface area contributed by atoms with Crippen molar-refractivity contribution in [3.63, 3.8) is 0 Å². The molecule has 27 heavy (non-hydrogen) atoms. The maximum atomic E-state index is 13.8. The second-order valence-electron chi connectivity index (χ2n) is 6.10. The number of halogens is 4. The van der Waals surface area contributed by atoms with Gasteiger partial charge in [0.25, 0.3) is 0 Å². The fraction of sp³-hybridized carbons (Fsp3) is 0.222. The summed E-state index contributed by atoms with van der Waals surface area (Å²) in [4.78, 5) is 13.0. The lowest BCUT2D eigenvalue weighted by atomic mass is 9.77. The van der Waals surface area contributed by atoms with Crippen molar-refractivity contribution >= 4 is 39.0 Å². The van der Waals surface area contributed by atoms with Gasteiger partial charge < -0.3 is 15.7 Å². The molecule has 1 heterocycles. The molecule has 142 valence electrons. The van der Waals surface area contributed by atoms with E-state index in [0.717, 1.165) is 4.47 Å². The summed E-state index contributed by atoms with van der Waals surface area (Å²) in [6.45, 7) is 0. The Morgan fingerprint density at radius 3 is 2.26 bits per heavy atom. The highest BCUT2D eigenvalue weighted by atomic mass is 79.9. The van der Waals surface area contributed by atoms with Crippen LogP contribution in [-0.2, 0) is 0 Å². The van der Waals surface area contributed by atoms with E-state index in [1.165, 1.54) is 12.1 Å². The minimum atomic E-state index is -5.14. The average Bonchev–Trinajstić information content (AvgIpc) is 2.61. The SMILES string of the molecule is O=C(c1ccccc1)[C@@H]1[C@@H](c2ccc(Br)cc2)NC(=S)N[C@@]1(O)C(F)(F)F. The molecule has 1 saturated heterocycles. The van der Waals surface area contributed by atoms with Gasteiger partial charge in [0.1, 0.15) is 5.92 Å². The fourth-order valence-corrected chi connectivity index (χ4v) is 3.62. The third-order valence-corrected chi connectivity index (χ3v) is 5.12. The molecule has 2 aromatic rings. The summed E-state index contributed by atoms with van der Waals surface area (Å²) in [6, 6.07) is 12.8. The molecular formula is C18H14BrF3N2O2S. The Balaban J connectivity index is 2.15. The zero-order valence-corrected chi connectivity index (χ0v) is 16.0. The van der Waals surface area contributed by atoms with Gasteiger partial charge >= 0.3 is 6.18 Å². The quantitative estimate of drug-likeness (QED) is 0.483. The van der Waals surface area contributed by atoms with Crippen molar-refractivity contribution < 1.29 is 23.1 Å². The van der Waals surface area contributed by atoms with Crippen LogP contribution in [0, 0.1) is 5.92 Å². The number of nitrogens with one attached hydrogen (secondary N) is 2. The molecule has 1 aliphatic rings. The second-order valence-corrected chi connectivity index (χ2v) is 7.42. The number of hydrogen-bond acceptors (Lipinski definition) is 3. The molecule has 0 radical (unpaired) electrons. The first kappa shape index (κ1) is 19.8. The lowest BCUT2D eigenvalue weighted by Gasteiger charge is -2.46. The van der Waals surface area contributed by atoms with Crippen LogP contribution in [0.2, 0.25) is 0 Å². The summed E-state index contributed by atoms with van der Waals surface area (Å²) in [5.74, 6) is -2.75. The first-order chi connectivity index (χ1) is 12.6. The van der Waals surface area contributed by atoms with E-state index in [1.54, 1.807) is 42.5 Å². The minimum Gasteiger partial charge on any atom is -0.363 e. The van der Waals surface area contributed by atoms with Crippen LogP contribution in [-0.4, -0.2) is 27.9 Å². The number of aliphatic hydroxyl groups is 1. The van der Waals surface area contributed by atoms with Crippen molar-refractivity contribution in [1.29, 1.82) is 0 Å². The summed E-state index contributed by atoms with van der Waals surface area (Å²) in [5.41, 5.74) is -3.07. The molecule has 0 saturated carbocycles. The lowest BCUT2D eigenvalue weighted by molar-refractivity contribution is -0.285. The smallest absolute Gasteiger partial charge is 0.363 e. The van der Waals surface area contributed by atoms with Crippen LogP contribution in [0.25, 0.3) is 0 Å². The molecular weight excluding hydrogens is 445 g/mol. The number of ketones is 1. The summed E-state index contributed by atoms with van der Waals surface area (Å²) in [6.07, 6.45) is -5.14. The number of rotatable bonds is 3. The highest BCUT2D eigenvalue weighted by molar-refractivity contribution is 9.10. The molecule has 9 heteroatoms. The van der Waals surface area contributed by atoms with Crippen molar-refractivity contribution in [2.75, 3.05) is 0 Å². The van der Waals surface area contributed by atoms with Gasteiger partial charge in [-0.3, -0.25) is 4.79 Å². The van der Waals surface area contributed by atoms with Gasteiger partial charge in [-0.15, -0.1) is 0 Å². The van der Waals surface area contributed by atoms with Crippen LogP contribution in [0.15, 0.2) is 59.1 Å². The lowest BCUT2D eigenvalue weighted by Crippen LogP contribution is -2.72. The van der Waals surface area contributed by atoms with E-state index in [9.17, 15) is 23.1 Å². The van der Waals surface area contributed by atoms with Gasteiger partial charge in [0.15, 0.2) is 10.9 Å². The Kier molecular flexibility index (Phi) is 5.29. The predicted molar refractivity (Wildman–Crippen MR) is 101 cm³/mol. The molecule has 0 aliphatic carbocycles. The highest BCUT2D eigenvalue weighted by Gasteiger charge is 2.65. The molecule has 0 bridgehead atoms. The van der Waals surface area contributed by atoms with Gasteiger partial charge in [0.05, 0.1) is 6.04 Å². The Hall–Kier alpha value is -1.97. The monoisotopic (exact) mass is 458 g/mol. The molecule has 0 amide bonds. The van der Waals surface area contributed by atoms with Crippen molar-refractivity contribution in [1.82, 2.24) is 10.6 Å². The Bertz CT molecular complexity index is 861. The Morgan fingerprint density at radius 2 is 1.70 bits per heavy atom. The molecule has 0 aromatic heterocycles. The first-order valence-corrected chi connectivity index (χ1v) is 9.06. The molecule has 4 nitrogen and oxygen atoms in total. The molecule has 2 aromatic carbocycles. The van der Waals surface area contributed by atoms with Gasteiger partial charge in [0, 0.05) is 10.0 Å². The predicted octanol–water partition coefficient (Wildman–Crippen LogP) is 3.72. The number of carbonyl (C=O) groups excluding carboxylic acids is 1. The minimum absolute atomic E-state index is 0.0590. The number of Topliss-reactive ketones (excluding diaryl/α,β-unsaturated/α-hetero) is 1. The van der Waals surface area contributed by atoms with Gasteiger partial charge in [-0.1, -0.05) is 58.4 Å². The molecule has 0 spiro atoms. The van der Waals surface area contributed by atoms with Gasteiger partial charge in [-0.25, -0.2) is 0 Å². The zero-order valence-electron chi connectivity index (χ0n) is 13.6. The van der Waals surface area contributed by atoms with Crippen molar-refractivity contribution in [3.8, 4) is 0 Å². The number of thiocarbonyl (C=S) groups is 1. The molecule has 0 unspecified atom stereocenters. The van der Waals surface area contributed by atoms with E-state index < -0.39 is 29.6 Å². The fourth-order valence-electron chi connectivity index (χ4n) is 3.07. The molecule has 3 atom stereocenters. The standard InChI is InChI=1S/C18H14BrF3N2O2S/c19-12-8-6-10(7-9-12)14-13(15(25)11-4-2-1-3-5-11)17(26,18(20,21)22)24-16(27)23-14/h1-9,13-14,26H,(H2,23,24,27)/t13-,14+,17-/m0/s1. The zero-order chi connectivity index (χ0) is 19.8. The summed E-state index contributed by atoms with van der Waals surface area (Å²) < 4.78 is 42.2. The van der Waals surface area contributed by atoms with Crippen LogP contribution in [0.4, 0.5) is 13.2 Å². The van der Waals surface area contributed by atoms with E-state index in [2.05, 4.69) is 21.2 Å². The number of carbonyl (C=O) groups is 1. The van der Waals surface area contributed by atoms with E-state index in [1.807, 2.05) is 5.32 Å². The third-order valence-electron chi connectivity index (χ3n) is 4.38. The van der Waals surface area contributed by atoms with Crippen LogP contribution >= 0.6 is 28.1 Å². The maximum absolute atomic E-state index is 13.8. The first-order valence-electron chi connectivity index (χ1n) is 7.86. The Labute approximate surface area is 166 Å². The van der Waals surface area contributed by atoms with Gasteiger partial charge in [0.2, 0.25) is 5.72 Å². The molecule has 1 fully saturated rings. The van der Waals surface area contributed by atoms with E-state index in [4.69, 9.17) is 12.2 Å². The van der Waals surface area contributed by atoms with Crippen LogP contribution in [0.3, 0.4) is 0 Å². The van der Waals surface area contributed by atoms with Crippen molar-refractivity contribution in [2.24, 2.45) is 5.92 Å². The van der Waals surface area contributed by atoms with Crippen LogP contribution < -0.4 is 10.6 Å². The van der Waals surface area contributed by atoms with Crippen molar-refractivity contribution in [2.45, 2.75) is 17.9 Å². The highest BCUT2D eigenvalue weighted by Crippen LogP contribution is 2.44. The van der Waals surface area contributed by atoms with Gasteiger partial charge in [-0.2, -0.15) is 13.2 Å². The topological polar surface area (TPSA) is 61.4 Å².